The monoisotopic (exact) mass is 320 g/mol. The Morgan fingerprint density at radius 2 is 1.88 bits per heavy atom. The van der Waals surface area contributed by atoms with Gasteiger partial charge in [-0.25, -0.2) is 4.98 Å². The van der Waals surface area contributed by atoms with Crippen molar-refractivity contribution in [3.8, 4) is 11.5 Å². The molecule has 1 aromatic heterocycles. The average molecular weight is 320 g/mol. The number of carbonyl (C=O) groups excluding carboxylic acids is 1. The molecule has 0 radical (unpaired) electrons. The molecule has 4 nitrogen and oxygen atoms in total. The number of nitrogens with zero attached hydrogens (tertiary/aromatic N) is 1. The average Bonchev–Trinajstić information content (AvgIpc) is 2.98. The second-order valence-electron chi connectivity index (χ2n) is 5.78. The first kappa shape index (κ1) is 16.0. The minimum Gasteiger partial charge on any atom is -0.441 e. The van der Waals surface area contributed by atoms with Crippen LogP contribution in [0.1, 0.15) is 27.4 Å². The molecular formula is C20H20N2O2. The lowest BCUT2D eigenvalue weighted by Gasteiger charge is -2.03. The number of oxazole rings is 1. The highest BCUT2D eigenvalue weighted by atomic mass is 16.4. The summed E-state index contributed by atoms with van der Waals surface area (Å²) in [7, 11) is 0. The van der Waals surface area contributed by atoms with Crippen molar-refractivity contribution in [1.29, 1.82) is 0 Å². The van der Waals surface area contributed by atoms with Gasteiger partial charge < -0.3 is 9.73 Å². The van der Waals surface area contributed by atoms with Crippen LogP contribution in [0.4, 0.5) is 0 Å². The summed E-state index contributed by atoms with van der Waals surface area (Å²) < 4.78 is 5.67. The number of amides is 1. The second kappa shape index (κ2) is 7.13. The van der Waals surface area contributed by atoms with Crippen molar-refractivity contribution in [1.82, 2.24) is 10.3 Å². The molecule has 4 heteroatoms. The van der Waals surface area contributed by atoms with E-state index in [1.54, 1.807) is 6.92 Å². The molecule has 2 aromatic carbocycles. The third kappa shape index (κ3) is 3.71. The Bertz CT molecular complexity index is 838. The van der Waals surface area contributed by atoms with Crippen molar-refractivity contribution in [2.75, 3.05) is 6.54 Å². The van der Waals surface area contributed by atoms with E-state index in [0.717, 1.165) is 17.5 Å². The van der Waals surface area contributed by atoms with E-state index in [1.807, 2.05) is 61.5 Å². The third-order valence-corrected chi connectivity index (χ3v) is 3.82. The third-order valence-electron chi connectivity index (χ3n) is 3.82. The summed E-state index contributed by atoms with van der Waals surface area (Å²) >= 11 is 0. The van der Waals surface area contributed by atoms with Gasteiger partial charge in [0.15, 0.2) is 5.69 Å². The lowest BCUT2D eigenvalue weighted by molar-refractivity contribution is 0.0948. The molecule has 0 spiro atoms. The van der Waals surface area contributed by atoms with Crippen molar-refractivity contribution in [3.63, 3.8) is 0 Å². The largest absolute Gasteiger partial charge is 0.441 e. The minimum absolute atomic E-state index is 0.203. The van der Waals surface area contributed by atoms with E-state index >= 15 is 0 Å². The zero-order valence-corrected chi connectivity index (χ0v) is 13.9. The van der Waals surface area contributed by atoms with Gasteiger partial charge >= 0.3 is 0 Å². The fourth-order valence-electron chi connectivity index (χ4n) is 2.56. The van der Waals surface area contributed by atoms with E-state index < -0.39 is 0 Å². The topological polar surface area (TPSA) is 55.1 Å². The summed E-state index contributed by atoms with van der Waals surface area (Å²) in [5, 5.41) is 2.90. The Hall–Kier alpha value is -2.88. The number of aromatic nitrogens is 1. The Morgan fingerprint density at radius 1 is 1.08 bits per heavy atom. The van der Waals surface area contributed by atoms with Crippen molar-refractivity contribution < 1.29 is 9.21 Å². The molecule has 3 rings (SSSR count). The van der Waals surface area contributed by atoms with E-state index in [2.05, 4.69) is 10.3 Å². The maximum absolute atomic E-state index is 12.3. The minimum atomic E-state index is -0.203. The maximum atomic E-state index is 12.3. The molecular weight excluding hydrogens is 300 g/mol. The fourth-order valence-corrected chi connectivity index (χ4v) is 2.56. The smallest absolute Gasteiger partial charge is 0.273 e. The van der Waals surface area contributed by atoms with Crippen molar-refractivity contribution >= 4 is 5.91 Å². The highest BCUT2D eigenvalue weighted by molar-refractivity contribution is 5.93. The number of hydrogen-bond donors (Lipinski definition) is 1. The van der Waals surface area contributed by atoms with Crippen molar-refractivity contribution in [2.45, 2.75) is 20.3 Å². The van der Waals surface area contributed by atoms with E-state index in [1.165, 1.54) is 5.56 Å². The van der Waals surface area contributed by atoms with Gasteiger partial charge in [0.05, 0.1) is 0 Å². The molecule has 3 aromatic rings. The summed E-state index contributed by atoms with van der Waals surface area (Å²) in [6, 6.07) is 17.9. The Labute approximate surface area is 141 Å². The fraction of sp³-hybridized carbons (Fsp3) is 0.200. The van der Waals surface area contributed by atoms with Gasteiger partial charge in [-0.2, -0.15) is 0 Å². The van der Waals surface area contributed by atoms with Gasteiger partial charge in [-0.15, -0.1) is 0 Å². The summed E-state index contributed by atoms with van der Waals surface area (Å²) in [6.07, 6.45) is 0.786. The van der Waals surface area contributed by atoms with Gasteiger partial charge in [0, 0.05) is 12.1 Å². The van der Waals surface area contributed by atoms with Gasteiger partial charge in [-0.1, -0.05) is 48.0 Å². The number of aryl methyl sites for hydroxylation is 2. The molecule has 0 aliphatic rings. The first-order chi connectivity index (χ1) is 11.6. The molecule has 24 heavy (non-hydrogen) atoms. The van der Waals surface area contributed by atoms with Crippen LogP contribution in [0, 0.1) is 13.8 Å². The summed E-state index contributed by atoms with van der Waals surface area (Å²) in [5.74, 6) is 0.805. The number of carbonyl (C=O) groups is 1. The Balaban J connectivity index is 1.67. The lowest BCUT2D eigenvalue weighted by Crippen LogP contribution is -2.26. The van der Waals surface area contributed by atoms with Crippen LogP contribution in [-0.2, 0) is 6.42 Å². The van der Waals surface area contributed by atoms with Gasteiger partial charge in [0.2, 0.25) is 5.89 Å². The standard InChI is InChI=1S/C20H20N2O2/c1-14-7-6-10-17(13-14)20-22-18(15(2)24-20)19(23)21-12-11-16-8-4-3-5-9-16/h3-10,13H,11-12H2,1-2H3,(H,21,23). The summed E-state index contributed by atoms with van der Waals surface area (Å²) in [4.78, 5) is 16.7. The molecule has 0 saturated heterocycles. The van der Waals surface area contributed by atoms with Crippen LogP contribution >= 0.6 is 0 Å². The predicted octanol–water partition coefficient (Wildman–Crippen LogP) is 3.93. The molecule has 0 bridgehead atoms. The summed E-state index contributed by atoms with van der Waals surface area (Å²) in [5.41, 5.74) is 3.54. The van der Waals surface area contributed by atoms with Crippen molar-refractivity contribution in [2.24, 2.45) is 0 Å². The predicted molar refractivity (Wildman–Crippen MR) is 93.9 cm³/mol. The van der Waals surface area contributed by atoms with Gasteiger partial charge in [-0.05, 0) is 38.0 Å². The number of benzene rings is 2. The number of rotatable bonds is 5. The molecule has 0 saturated carbocycles. The first-order valence-corrected chi connectivity index (χ1v) is 8.00. The van der Waals surface area contributed by atoms with E-state index in [0.29, 0.717) is 23.9 Å². The molecule has 122 valence electrons. The van der Waals surface area contributed by atoms with Gasteiger partial charge in [0.25, 0.3) is 5.91 Å². The Kier molecular flexibility index (Phi) is 4.75. The molecule has 0 aliphatic heterocycles. The molecule has 1 amide bonds. The zero-order chi connectivity index (χ0) is 16.9. The second-order valence-corrected chi connectivity index (χ2v) is 5.78. The lowest BCUT2D eigenvalue weighted by atomic mass is 10.1. The normalized spacial score (nSPS) is 10.6. The first-order valence-electron chi connectivity index (χ1n) is 8.00. The SMILES string of the molecule is Cc1cccc(-c2nc(C(=O)NCCc3ccccc3)c(C)o2)c1. The highest BCUT2D eigenvalue weighted by Gasteiger charge is 2.17. The maximum Gasteiger partial charge on any atom is 0.273 e. The molecule has 0 fully saturated rings. The van der Waals surface area contributed by atoms with Crippen LogP contribution in [-0.4, -0.2) is 17.4 Å². The quantitative estimate of drug-likeness (QED) is 0.775. The van der Waals surface area contributed by atoms with Crippen LogP contribution in [0.3, 0.4) is 0 Å². The Morgan fingerprint density at radius 3 is 2.62 bits per heavy atom. The van der Waals surface area contributed by atoms with Gasteiger partial charge in [-0.3, -0.25) is 4.79 Å². The van der Waals surface area contributed by atoms with Crippen LogP contribution in [0.2, 0.25) is 0 Å². The molecule has 0 unspecified atom stereocenters. The van der Waals surface area contributed by atoms with Crippen LogP contribution in [0.25, 0.3) is 11.5 Å². The molecule has 1 N–H and O–H groups in total. The van der Waals surface area contributed by atoms with Crippen LogP contribution in [0.15, 0.2) is 59.0 Å². The van der Waals surface area contributed by atoms with E-state index in [9.17, 15) is 4.79 Å². The van der Waals surface area contributed by atoms with Gasteiger partial charge in [0.1, 0.15) is 5.76 Å². The highest BCUT2D eigenvalue weighted by Crippen LogP contribution is 2.22. The zero-order valence-electron chi connectivity index (χ0n) is 13.9. The van der Waals surface area contributed by atoms with Crippen molar-refractivity contribution in [3.05, 3.63) is 77.2 Å². The molecule has 1 heterocycles. The van der Waals surface area contributed by atoms with E-state index in [4.69, 9.17) is 4.42 Å². The molecule has 0 atom stereocenters. The molecule has 0 aliphatic carbocycles. The summed E-state index contributed by atoms with van der Waals surface area (Å²) in [6.45, 7) is 4.34. The van der Waals surface area contributed by atoms with E-state index in [-0.39, 0.29) is 5.91 Å². The number of hydrogen-bond acceptors (Lipinski definition) is 3. The van der Waals surface area contributed by atoms with Crippen LogP contribution < -0.4 is 5.32 Å². The van der Waals surface area contributed by atoms with Crippen LogP contribution in [0.5, 0.6) is 0 Å². The number of nitrogens with one attached hydrogen (secondary N) is 1.